The van der Waals surface area contributed by atoms with Crippen molar-refractivity contribution in [3.8, 4) is 5.69 Å². The Balaban J connectivity index is 1.51. The van der Waals surface area contributed by atoms with Crippen molar-refractivity contribution < 1.29 is 9.59 Å². The third-order valence-electron chi connectivity index (χ3n) is 3.67. The van der Waals surface area contributed by atoms with Gasteiger partial charge in [0.25, 0.3) is 0 Å². The number of imide groups is 1. The first-order valence-electron chi connectivity index (χ1n) is 8.22. The number of benzene rings is 2. The third kappa shape index (κ3) is 5.14. The van der Waals surface area contributed by atoms with Crippen LogP contribution in [0, 0.1) is 6.92 Å². The summed E-state index contributed by atoms with van der Waals surface area (Å²) >= 11 is 1.16. The number of hydrogen-bond acceptors (Lipinski definition) is 6. The normalized spacial score (nSPS) is 10.4. The van der Waals surface area contributed by atoms with Gasteiger partial charge in [0, 0.05) is 6.54 Å². The number of amides is 3. The lowest BCUT2D eigenvalue weighted by Gasteiger charge is -2.08. The van der Waals surface area contributed by atoms with E-state index in [2.05, 4.69) is 26.2 Å². The SMILES string of the molecule is Cc1ccccc1-n1nnnc1SCC(=O)NC(=O)NCc1ccccc1. The first-order valence-corrected chi connectivity index (χ1v) is 9.21. The first-order chi connectivity index (χ1) is 13.1. The lowest BCUT2D eigenvalue weighted by molar-refractivity contribution is -0.117. The maximum Gasteiger partial charge on any atom is 0.321 e. The number of para-hydroxylation sites is 1. The molecule has 0 aliphatic heterocycles. The van der Waals surface area contributed by atoms with Crippen molar-refractivity contribution in [3.63, 3.8) is 0 Å². The van der Waals surface area contributed by atoms with E-state index in [1.165, 1.54) is 0 Å². The zero-order chi connectivity index (χ0) is 19.1. The Labute approximate surface area is 160 Å². The van der Waals surface area contributed by atoms with E-state index >= 15 is 0 Å². The van der Waals surface area contributed by atoms with E-state index in [1.807, 2.05) is 61.5 Å². The van der Waals surface area contributed by atoms with Gasteiger partial charge >= 0.3 is 6.03 Å². The number of aromatic nitrogens is 4. The van der Waals surface area contributed by atoms with Crippen LogP contribution in [0.15, 0.2) is 59.8 Å². The summed E-state index contributed by atoms with van der Waals surface area (Å²) in [6, 6.07) is 16.6. The quantitative estimate of drug-likeness (QED) is 0.633. The number of carbonyl (C=O) groups excluding carboxylic acids is 2. The van der Waals surface area contributed by atoms with Crippen molar-refractivity contribution in [2.75, 3.05) is 5.75 Å². The molecule has 0 aliphatic carbocycles. The molecule has 1 aromatic heterocycles. The molecule has 2 aromatic carbocycles. The summed E-state index contributed by atoms with van der Waals surface area (Å²) in [6.07, 6.45) is 0. The zero-order valence-corrected chi connectivity index (χ0v) is 15.4. The number of aryl methyl sites for hydroxylation is 1. The van der Waals surface area contributed by atoms with Crippen molar-refractivity contribution in [2.24, 2.45) is 0 Å². The molecule has 138 valence electrons. The average Bonchev–Trinajstić information content (AvgIpc) is 3.14. The van der Waals surface area contributed by atoms with Gasteiger partial charge in [0.2, 0.25) is 11.1 Å². The molecule has 0 bridgehead atoms. The van der Waals surface area contributed by atoms with Crippen LogP contribution in [-0.2, 0) is 11.3 Å². The zero-order valence-electron chi connectivity index (χ0n) is 14.6. The van der Waals surface area contributed by atoms with Crippen molar-refractivity contribution in [1.82, 2.24) is 30.8 Å². The minimum absolute atomic E-state index is 0.0189. The molecule has 8 nitrogen and oxygen atoms in total. The predicted molar refractivity (Wildman–Crippen MR) is 101 cm³/mol. The van der Waals surface area contributed by atoms with Crippen molar-refractivity contribution in [3.05, 3.63) is 65.7 Å². The molecule has 0 unspecified atom stereocenters. The van der Waals surface area contributed by atoms with Gasteiger partial charge in [-0.1, -0.05) is 60.3 Å². The second-order valence-electron chi connectivity index (χ2n) is 5.66. The van der Waals surface area contributed by atoms with E-state index in [0.717, 1.165) is 28.6 Å². The van der Waals surface area contributed by atoms with Crippen LogP contribution >= 0.6 is 11.8 Å². The Kier molecular flexibility index (Phi) is 6.16. The molecule has 3 rings (SSSR count). The molecule has 3 aromatic rings. The van der Waals surface area contributed by atoms with Gasteiger partial charge in [-0.25, -0.2) is 4.79 Å². The minimum atomic E-state index is -0.539. The summed E-state index contributed by atoms with van der Waals surface area (Å²) in [5.41, 5.74) is 2.80. The molecule has 0 spiro atoms. The Bertz CT molecular complexity index is 928. The minimum Gasteiger partial charge on any atom is -0.334 e. The van der Waals surface area contributed by atoms with Crippen molar-refractivity contribution >= 4 is 23.7 Å². The Hall–Kier alpha value is -3.20. The van der Waals surface area contributed by atoms with Gasteiger partial charge in [0.15, 0.2) is 0 Å². The fraction of sp³-hybridized carbons (Fsp3) is 0.167. The fourth-order valence-electron chi connectivity index (χ4n) is 2.34. The Morgan fingerprint density at radius 2 is 1.81 bits per heavy atom. The largest absolute Gasteiger partial charge is 0.334 e. The van der Waals surface area contributed by atoms with E-state index in [4.69, 9.17) is 0 Å². The van der Waals surface area contributed by atoms with Gasteiger partial charge in [-0.3, -0.25) is 10.1 Å². The van der Waals surface area contributed by atoms with Crippen LogP contribution in [0.2, 0.25) is 0 Å². The van der Waals surface area contributed by atoms with Gasteiger partial charge in [-0.05, 0) is 34.5 Å². The standard InChI is InChI=1S/C18H18N6O2S/c1-13-7-5-6-10-15(13)24-18(21-22-23-24)27-12-16(25)20-17(26)19-11-14-8-3-2-4-9-14/h2-10H,11-12H2,1H3,(H2,19,20,25,26). The molecular formula is C18H18N6O2S. The third-order valence-corrected chi connectivity index (χ3v) is 4.59. The second kappa shape index (κ2) is 8.95. The van der Waals surface area contributed by atoms with Crippen molar-refractivity contribution in [1.29, 1.82) is 0 Å². The summed E-state index contributed by atoms with van der Waals surface area (Å²) in [6.45, 7) is 2.30. The molecule has 0 fully saturated rings. The van der Waals surface area contributed by atoms with Crippen LogP contribution in [0.4, 0.5) is 4.79 Å². The number of rotatable bonds is 6. The molecule has 0 radical (unpaired) electrons. The fourth-order valence-corrected chi connectivity index (χ4v) is 3.02. The van der Waals surface area contributed by atoms with Crippen LogP contribution in [-0.4, -0.2) is 37.9 Å². The smallest absolute Gasteiger partial charge is 0.321 e. The average molecular weight is 382 g/mol. The van der Waals surface area contributed by atoms with E-state index < -0.39 is 11.9 Å². The summed E-state index contributed by atoms with van der Waals surface area (Å²) in [4.78, 5) is 23.8. The number of tetrazole rings is 1. The highest BCUT2D eigenvalue weighted by molar-refractivity contribution is 7.99. The van der Waals surface area contributed by atoms with Crippen LogP contribution in [0.5, 0.6) is 0 Å². The first kappa shape index (κ1) is 18.6. The molecule has 1 heterocycles. The maximum absolute atomic E-state index is 12.0. The summed E-state index contributed by atoms with van der Waals surface area (Å²) in [5, 5.41) is 17.0. The van der Waals surface area contributed by atoms with E-state index in [9.17, 15) is 9.59 Å². The molecule has 9 heteroatoms. The highest BCUT2D eigenvalue weighted by Gasteiger charge is 2.14. The number of thioether (sulfide) groups is 1. The van der Waals surface area contributed by atoms with Gasteiger partial charge in [0.05, 0.1) is 11.4 Å². The van der Waals surface area contributed by atoms with E-state index in [1.54, 1.807) is 4.68 Å². The van der Waals surface area contributed by atoms with Crippen LogP contribution < -0.4 is 10.6 Å². The molecule has 27 heavy (non-hydrogen) atoms. The number of hydrogen-bond donors (Lipinski definition) is 2. The Morgan fingerprint density at radius 3 is 2.59 bits per heavy atom. The van der Waals surface area contributed by atoms with Crippen LogP contribution in [0.1, 0.15) is 11.1 Å². The lowest BCUT2D eigenvalue weighted by Crippen LogP contribution is -2.40. The van der Waals surface area contributed by atoms with E-state index in [-0.39, 0.29) is 5.75 Å². The highest BCUT2D eigenvalue weighted by atomic mass is 32.2. The highest BCUT2D eigenvalue weighted by Crippen LogP contribution is 2.20. The topological polar surface area (TPSA) is 102 Å². The molecule has 0 saturated heterocycles. The second-order valence-corrected chi connectivity index (χ2v) is 6.61. The molecular weight excluding hydrogens is 364 g/mol. The number of urea groups is 1. The van der Waals surface area contributed by atoms with Crippen LogP contribution in [0.25, 0.3) is 5.69 Å². The summed E-state index contributed by atoms with van der Waals surface area (Å²) in [7, 11) is 0. The number of nitrogens with one attached hydrogen (secondary N) is 2. The predicted octanol–water partition coefficient (Wildman–Crippen LogP) is 2.09. The van der Waals surface area contributed by atoms with Crippen molar-refractivity contribution in [2.45, 2.75) is 18.6 Å². The maximum atomic E-state index is 12.0. The molecule has 2 N–H and O–H groups in total. The van der Waals surface area contributed by atoms with Gasteiger partial charge in [-0.2, -0.15) is 4.68 Å². The lowest BCUT2D eigenvalue weighted by atomic mass is 10.2. The molecule has 0 saturated carbocycles. The molecule has 0 atom stereocenters. The number of carbonyl (C=O) groups is 2. The molecule has 3 amide bonds. The monoisotopic (exact) mass is 382 g/mol. The Morgan fingerprint density at radius 1 is 1.07 bits per heavy atom. The van der Waals surface area contributed by atoms with Gasteiger partial charge in [-0.15, -0.1) is 5.10 Å². The van der Waals surface area contributed by atoms with Gasteiger partial charge in [0.1, 0.15) is 0 Å². The molecule has 0 aliphatic rings. The van der Waals surface area contributed by atoms with Crippen LogP contribution in [0.3, 0.4) is 0 Å². The van der Waals surface area contributed by atoms with Gasteiger partial charge < -0.3 is 5.32 Å². The summed E-state index contributed by atoms with van der Waals surface area (Å²) in [5.74, 6) is -0.407. The van der Waals surface area contributed by atoms with E-state index in [0.29, 0.717) is 11.7 Å². The number of nitrogens with zero attached hydrogens (tertiary/aromatic N) is 4. The summed E-state index contributed by atoms with van der Waals surface area (Å²) < 4.78 is 1.57.